The van der Waals surface area contributed by atoms with Gasteiger partial charge in [-0.3, -0.25) is 4.79 Å². The zero-order chi connectivity index (χ0) is 18.2. The molecule has 5 nitrogen and oxygen atoms in total. The highest BCUT2D eigenvalue weighted by Crippen LogP contribution is 2.22. The number of carbonyl (C=O) groups excluding carboxylic acids is 1. The van der Waals surface area contributed by atoms with Crippen LogP contribution in [-0.4, -0.2) is 25.3 Å². The molecule has 1 amide bonds. The minimum absolute atomic E-state index is 0.0410. The van der Waals surface area contributed by atoms with Gasteiger partial charge in [0.1, 0.15) is 5.75 Å². The van der Waals surface area contributed by atoms with E-state index in [0.717, 1.165) is 5.56 Å². The molecule has 2 aromatic carbocycles. The molecule has 8 heteroatoms. The molecule has 0 aliphatic carbocycles. The number of anilines is 1. The van der Waals surface area contributed by atoms with E-state index >= 15 is 0 Å². The predicted octanol–water partition coefficient (Wildman–Crippen LogP) is 4.24. The SMILES string of the molecule is Cc1ccc(NC(=O)CON=Cc2ccccc2OC(F)F)c(Cl)c1. The molecule has 0 bridgehead atoms. The number of para-hydroxylation sites is 1. The molecule has 0 fully saturated rings. The van der Waals surface area contributed by atoms with Gasteiger partial charge >= 0.3 is 6.61 Å². The molecule has 0 aliphatic heterocycles. The Morgan fingerprint density at radius 1 is 1.32 bits per heavy atom. The normalized spacial score (nSPS) is 10.9. The summed E-state index contributed by atoms with van der Waals surface area (Å²) in [6, 6.07) is 11.3. The number of hydrogen-bond acceptors (Lipinski definition) is 4. The van der Waals surface area contributed by atoms with Gasteiger partial charge in [-0.15, -0.1) is 0 Å². The van der Waals surface area contributed by atoms with Gasteiger partial charge in [-0.2, -0.15) is 8.78 Å². The predicted molar refractivity (Wildman–Crippen MR) is 91.4 cm³/mol. The van der Waals surface area contributed by atoms with Crippen molar-refractivity contribution in [3.8, 4) is 5.75 Å². The van der Waals surface area contributed by atoms with Crippen molar-refractivity contribution >= 4 is 29.4 Å². The fourth-order valence-electron chi connectivity index (χ4n) is 1.89. The third kappa shape index (κ3) is 6.04. The Hall–Kier alpha value is -2.67. The van der Waals surface area contributed by atoms with Crippen molar-refractivity contribution in [1.82, 2.24) is 0 Å². The third-order valence-corrected chi connectivity index (χ3v) is 3.31. The van der Waals surface area contributed by atoms with E-state index in [-0.39, 0.29) is 12.4 Å². The summed E-state index contributed by atoms with van der Waals surface area (Å²) in [6.45, 7) is -1.43. The van der Waals surface area contributed by atoms with E-state index in [4.69, 9.17) is 16.4 Å². The molecule has 0 radical (unpaired) electrons. The van der Waals surface area contributed by atoms with Gasteiger partial charge < -0.3 is 14.9 Å². The Morgan fingerprint density at radius 2 is 2.08 bits per heavy atom. The zero-order valence-electron chi connectivity index (χ0n) is 13.2. The summed E-state index contributed by atoms with van der Waals surface area (Å²) in [5.74, 6) is -0.499. The molecular formula is C17H15ClF2N2O3. The largest absolute Gasteiger partial charge is 0.434 e. The van der Waals surface area contributed by atoms with E-state index in [0.29, 0.717) is 16.3 Å². The Bertz CT molecular complexity index is 769. The van der Waals surface area contributed by atoms with Crippen LogP contribution in [-0.2, 0) is 9.63 Å². The minimum Gasteiger partial charge on any atom is -0.434 e. The van der Waals surface area contributed by atoms with Gasteiger partial charge in [0.25, 0.3) is 5.91 Å². The van der Waals surface area contributed by atoms with Gasteiger partial charge in [0.15, 0.2) is 6.61 Å². The standard InChI is InChI=1S/C17H15ClF2N2O3/c1-11-6-7-14(13(18)8-11)22-16(23)10-24-21-9-12-4-2-3-5-15(12)25-17(19)20/h2-9,17H,10H2,1H3,(H,22,23). The van der Waals surface area contributed by atoms with Crippen LogP contribution in [0.2, 0.25) is 5.02 Å². The molecule has 0 heterocycles. The lowest BCUT2D eigenvalue weighted by molar-refractivity contribution is -0.120. The first-order valence-electron chi connectivity index (χ1n) is 7.21. The van der Waals surface area contributed by atoms with Gasteiger partial charge in [0.2, 0.25) is 0 Å². The van der Waals surface area contributed by atoms with Crippen molar-refractivity contribution in [1.29, 1.82) is 0 Å². The highest BCUT2D eigenvalue weighted by atomic mass is 35.5. The van der Waals surface area contributed by atoms with Crippen molar-refractivity contribution in [2.24, 2.45) is 5.16 Å². The molecule has 0 atom stereocenters. The molecule has 0 saturated carbocycles. The molecule has 0 unspecified atom stereocenters. The smallest absolute Gasteiger partial charge is 0.387 e. The number of carbonyl (C=O) groups is 1. The second kappa shape index (κ2) is 8.98. The number of oxime groups is 1. The number of rotatable bonds is 7. The minimum atomic E-state index is -2.94. The van der Waals surface area contributed by atoms with E-state index < -0.39 is 12.5 Å². The maximum absolute atomic E-state index is 12.3. The molecule has 0 aromatic heterocycles. The summed E-state index contributed by atoms with van der Waals surface area (Å²) < 4.78 is 28.9. The van der Waals surface area contributed by atoms with E-state index in [1.807, 2.05) is 6.92 Å². The lowest BCUT2D eigenvalue weighted by Crippen LogP contribution is -2.17. The molecule has 2 aromatic rings. The van der Waals surface area contributed by atoms with Crippen LogP contribution in [0.5, 0.6) is 5.75 Å². The molecule has 25 heavy (non-hydrogen) atoms. The fraction of sp³-hybridized carbons (Fsp3) is 0.176. The van der Waals surface area contributed by atoms with Crippen molar-refractivity contribution in [3.05, 3.63) is 58.6 Å². The first kappa shape index (κ1) is 18.7. The van der Waals surface area contributed by atoms with Gasteiger partial charge in [-0.1, -0.05) is 35.0 Å². The second-order valence-corrected chi connectivity index (χ2v) is 5.36. The quantitative estimate of drug-likeness (QED) is 0.587. The number of nitrogens with one attached hydrogen (secondary N) is 1. The van der Waals surface area contributed by atoms with E-state index in [1.54, 1.807) is 30.3 Å². The van der Waals surface area contributed by atoms with E-state index in [9.17, 15) is 13.6 Å². The summed E-state index contributed by atoms with van der Waals surface area (Å²) >= 11 is 6.01. The molecule has 0 aliphatic rings. The highest BCUT2D eigenvalue weighted by Gasteiger charge is 2.08. The zero-order valence-corrected chi connectivity index (χ0v) is 14.0. The lowest BCUT2D eigenvalue weighted by atomic mass is 10.2. The Kier molecular flexibility index (Phi) is 6.71. The number of alkyl halides is 2. The number of amides is 1. The van der Waals surface area contributed by atoms with Gasteiger partial charge in [-0.25, -0.2) is 0 Å². The van der Waals surface area contributed by atoms with Crippen molar-refractivity contribution in [3.63, 3.8) is 0 Å². The van der Waals surface area contributed by atoms with Crippen LogP contribution in [0, 0.1) is 6.92 Å². The van der Waals surface area contributed by atoms with Crippen LogP contribution >= 0.6 is 11.6 Å². The number of aryl methyl sites for hydroxylation is 1. The van der Waals surface area contributed by atoms with Crippen molar-refractivity contribution in [2.45, 2.75) is 13.5 Å². The average Bonchev–Trinajstić information content (AvgIpc) is 2.55. The maximum Gasteiger partial charge on any atom is 0.387 e. The van der Waals surface area contributed by atoms with Crippen LogP contribution < -0.4 is 10.1 Å². The Balaban J connectivity index is 1.88. The van der Waals surface area contributed by atoms with E-state index in [2.05, 4.69) is 15.2 Å². The summed E-state index contributed by atoms with van der Waals surface area (Å²) in [5.41, 5.74) is 1.72. The van der Waals surface area contributed by atoms with Crippen molar-refractivity contribution < 1.29 is 23.1 Å². The highest BCUT2D eigenvalue weighted by molar-refractivity contribution is 6.33. The lowest BCUT2D eigenvalue weighted by Gasteiger charge is -2.08. The molecule has 2 rings (SSSR count). The average molecular weight is 369 g/mol. The van der Waals surface area contributed by atoms with Crippen LogP contribution in [0.15, 0.2) is 47.6 Å². The molecular weight excluding hydrogens is 354 g/mol. The Morgan fingerprint density at radius 3 is 2.80 bits per heavy atom. The number of benzene rings is 2. The van der Waals surface area contributed by atoms with Crippen LogP contribution in [0.4, 0.5) is 14.5 Å². The summed E-state index contributed by atoms with van der Waals surface area (Å²) in [5, 5.41) is 6.58. The first-order valence-corrected chi connectivity index (χ1v) is 7.58. The summed E-state index contributed by atoms with van der Waals surface area (Å²) in [4.78, 5) is 16.6. The third-order valence-electron chi connectivity index (χ3n) is 3.00. The van der Waals surface area contributed by atoms with Gasteiger partial charge in [0, 0.05) is 5.56 Å². The maximum atomic E-state index is 12.3. The molecule has 132 valence electrons. The van der Waals surface area contributed by atoms with E-state index in [1.165, 1.54) is 18.3 Å². The monoisotopic (exact) mass is 368 g/mol. The van der Waals surface area contributed by atoms with Gasteiger partial charge in [0.05, 0.1) is 16.9 Å². The molecule has 1 N–H and O–H groups in total. The summed E-state index contributed by atoms with van der Waals surface area (Å²) in [6.07, 6.45) is 1.18. The molecule has 0 spiro atoms. The topological polar surface area (TPSA) is 59.9 Å². The number of ether oxygens (including phenoxy) is 1. The Labute approximate surface area is 148 Å². The first-order chi connectivity index (χ1) is 12.0. The van der Waals surface area contributed by atoms with Crippen LogP contribution in [0.3, 0.4) is 0 Å². The van der Waals surface area contributed by atoms with Gasteiger partial charge in [-0.05, 0) is 36.8 Å². The van der Waals surface area contributed by atoms with Crippen LogP contribution in [0.25, 0.3) is 0 Å². The van der Waals surface area contributed by atoms with Crippen LogP contribution in [0.1, 0.15) is 11.1 Å². The fourth-order valence-corrected chi connectivity index (χ4v) is 2.17. The molecule has 0 saturated heterocycles. The number of hydrogen-bond donors (Lipinski definition) is 1. The second-order valence-electron chi connectivity index (χ2n) is 4.96. The van der Waals surface area contributed by atoms with Crippen molar-refractivity contribution in [2.75, 3.05) is 11.9 Å². The number of halogens is 3. The number of nitrogens with zero attached hydrogens (tertiary/aromatic N) is 1. The summed E-state index contributed by atoms with van der Waals surface area (Å²) in [7, 11) is 0.